The van der Waals surface area contributed by atoms with Crippen molar-refractivity contribution in [3.8, 4) is 5.75 Å². The third-order valence-corrected chi connectivity index (χ3v) is 3.85. The summed E-state index contributed by atoms with van der Waals surface area (Å²) in [6, 6.07) is 7.47. The lowest BCUT2D eigenvalue weighted by Gasteiger charge is -2.17. The molecule has 126 valence electrons. The summed E-state index contributed by atoms with van der Waals surface area (Å²) in [6.45, 7) is 3.49. The molecule has 0 saturated heterocycles. The van der Waals surface area contributed by atoms with Crippen molar-refractivity contribution in [3.05, 3.63) is 40.3 Å². The number of nitrogens with zero attached hydrogens (tertiary/aromatic N) is 4. The number of carbonyl (C=O) groups excluding carboxylic acids is 1. The fourth-order valence-corrected chi connectivity index (χ4v) is 2.58. The minimum atomic E-state index is -0.479. The number of fused-ring (bicyclic) bond motifs is 1. The second-order valence-electron chi connectivity index (χ2n) is 5.41. The van der Waals surface area contributed by atoms with E-state index in [1.165, 1.54) is 4.57 Å². The third-order valence-electron chi connectivity index (χ3n) is 3.85. The first-order valence-electron chi connectivity index (χ1n) is 7.83. The van der Waals surface area contributed by atoms with Gasteiger partial charge in [-0.2, -0.15) is 0 Å². The van der Waals surface area contributed by atoms with Crippen molar-refractivity contribution in [3.63, 3.8) is 0 Å². The second-order valence-corrected chi connectivity index (χ2v) is 5.41. The first-order valence-corrected chi connectivity index (χ1v) is 7.83. The quantitative estimate of drug-likeness (QED) is 0.878. The van der Waals surface area contributed by atoms with Crippen LogP contribution >= 0.6 is 0 Å². The number of aromatic nitrogens is 3. The van der Waals surface area contributed by atoms with E-state index in [0.29, 0.717) is 25.6 Å². The maximum atomic E-state index is 12.5. The van der Waals surface area contributed by atoms with Gasteiger partial charge in [0, 0.05) is 25.3 Å². The van der Waals surface area contributed by atoms with Crippen LogP contribution in [0.5, 0.6) is 5.75 Å². The van der Waals surface area contributed by atoms with Gasteiger partial charge in [0.25, 0.3) is 11.5 Å². The zero-order chi connectivity index (χ0) is 17.1. The summed E-state index contributed by atoms with van der Waals surface area (Å²) in [5.74, 6) is 0.717. The lowest BCUT2D eigenvalue weighted by Crippen LogP contribution is -2.35. The number of amides is 1. The summed E-state index contributed by atoms with van der Waals surface area (Å²) < 4.78 is 6.63. The topological polar surface area (TPSA) is 89.3 Å². The monoisotopic (exact) mass is 329 g/mol. The van der Waals surface area contributed by atoms with Crippen LogP contribution in [-0.2, 0) is 6.54 Å². The summed E-state index contributed by atoms with van der Waals surface area (Å²) in [6.07, 6.45) is 0.788. The standard InChI is InChI=1S/C16H19N5O3/c1-3-8-17-14(22)13-15(23)21-10-9-20(16(21)19-18-13)11-4-6-12(24-2)7-5-11/h4-7H,3,8-10H2,1-2H3,(H,17,22). The van der Waals surface area contributed by atoms with E-state index in [0.717, 1.165) is 17.9 Å². The summed E-state index contributed by atoms with van der Waals surface area (Å²) in [4.78, 5) is 26.4. The van der Waals surface area contributed by atoms with Gasteiger partial charge in [0.05, 0.1) is 7.11 Å². The van der Waals surface area contributed by atoms with E-state index >= 15 is 0 Å². The fraction of sp³-hybridized carbons (Fsp3) is 0.375. The highest BCUT2D eigenvalue weighted by atomic mass is 16.5. The number of methoxy groups -OCH3 is 1. The minimum absolute atomic E-state index is 0.163. The van der Waals surface area contributed by atoms with Gasteiger partial charge < -0.3 is 15.0 Å². The van der Waals surface area contributed by atoms with Crippen molar-refractivity contribution in [2.24, 2.45) is 0 Å². The molecule has 1 aliphatic heterocycles. The van der Waals surface area contributed by atoms with Gasteiger partial charge in [-0.25, -0.2) is 0 Å². The van der Waals surface area contributed by atoms with Gasteiger partial charge in [-0.15, -0.1) is 10.2 Å². The van der Waals surface area contributed by atoms with Crippen molar-refractivity contribution >= 4 is 17.5 Å². The molecule has 0 unspecified atom stereocenters. The Morgan fingerprint density at radius 2 is 2.00 bits per heavy atom. The van der Waals surface area contributed by atoms with Gasteiger partial charge in [0.1, 0.15) is 5.75 Å². The largest absolute Gasteiger partial charge is 0.497 e. The van der Waals surface area contributed by atoms with Crippen LogP contribution in [0.3, 0.4) is 0 Å². The molecule has 8 heteroatoms. The second kappa shape index (κ2) is 6.69. The van der Waals surface area contributed by atoms with Gasteiger partial charge in [-0.05, 0) is 30.7 Å². The lowest BCUT2D eigenvalue weighted by atomic mass is 10.3. The molecule has 0 atom stereocenters. The van der Waals surface area contributed by atoms with Crippen LogP contribution in [0.25, 0.3) is 0 Å². The van der Waals surface area contributed by atoms with Crippen molar-refractivity contribution < 1.29 is 9.53 Å². The smallest absolute Gasteiger partial charge is 0.286 e. The minimum Gasteiger partial charge on any atom is -0.497 e. The maximum absolute atomic E-state index is 12.5. The highest BCUT2D eigenvalue weighted by Gasteiger charge is 2.27. The molecule has 0 saturated carbocycles. The molecule has 8 nitrogen and oxygen atoms in total. The average molecular weight is 329 g/mol. The van der Waals surface area contributed by atoms with Gasteiger partial charge in [0.15, 0.2) is 0 Å². The molecule has 2 aromatic rings. The van der Waals surface area contributed by atoms with Crippen LogP contribution in [0.4, 0.5) is 11.6 Å². The van der Waals surface area contributed by atoms with Crippen LogP contribution in [0, 0.1) is 0 Å². The van der Waals surface area contributed by atoms with Crippen LogP contribution in [0.1, 0.15) is 23.8 Å². The number of ether oxygens (including phenoxy) is 1. The first kappa shape index (κ1) is 16.0. The summed E-state index contributed by atoms with van der Waals surface area (Å²) in [7, 11) is 1.61. The average Bonchev–Trinajstić information content (AvgIpc) is 3.05. The van der Waals surface area contributed by atoms with Gasteiger partial charge in [-0.3, -0.25) is 14.2 Å². The van der Waals surface area contributed by atoms with Gasteiger partial charge >= 0.3 is 0 Å². The van der Waals surface area contributed by atoms with Crippen LogP contribution < -0.4 is 20.5 Å². The van der Waals surface area contributed by atoms with Crippen molar-refractivity contribution in [1.82, 2.24) is 20.1 Å². The van der Waals surface area contributed by atoms with E-state index in [9.17, 15) is 9.59 Å². The Morgan fingerprint density at radius 3 is 2.67 bits per heavy atom. The van der Waals surface area contributed by atoms with Crippen LogP contribution in [0.15, 0.2) is 29.1 Å². The molecule has 0 spiro atoms. The molecule has 3 rings (SSSR count). The van der Waals surface area contributed by atoms with Crippen molar-refractivity contribution in [2.75, 3.05) is 25.1 Å². The fourth-order valence-electron chi connectivity index (χ4n) is 2.58. The maximum Gasteiger partial charge on any atom is 0.286 e. The van der Waals surface area contributed by atoms with Crippen LogP contribution in [0.2, 0.25) is 0 Å². The molecule has 0 fully saturated rings. The zero-order valence-electron chi connectivity index (χ0n) is 13.7. The number of hydrogen-bond acceptors (Lipinski definition) is 6. The molecule has 1 aliphatic rings. The molecule has 0 bridgehead atoms. The van der Waals surface area contributed by atoms with Crippen LogP contribution in [-0.4, -0.2) is 40.9 Å². The van der Waals surface area contributed by atoms with E-state index in [4.69, 9.17) is 4.74 Å². The summed E-state index contributed by atoms with van der Waals surface area (Å²) in [5.41, 5.74) is 0.312. The third kappa shape index (κ3) is 2.82. The number of carbonyl (C=O) groups is 1. The van der Waals surface area contributed by atoms with E-state index in [2.05, 4.69) is 15.5 Å². The molecule has 1 aromatic heterocycles. The predicted molar refractivity (Wildman–Crippen MR) is 88.9 cm³/mol. The number of hydrogen-bond donors (Lipinski definition) is 1. The molecule has 0 radical (unpaired) electrons. The Hall–Kier alpha value is -2.90. The van der Waals surface area contributed by atoms with Gasteiger partial charge in [-0.1, -0.05) is 6.92 Å². The molecule has 1 amide bonds. The number of benzene rings is 1. The summed E-state index contributed by atoms with van der Waals surface area (Å²) >= 11 is 0. The summed E-state index contributed by atoms with van der Waals surface area (Å²) in [5, 5.41) is 10.6. The Bertz CT molecular complexity index is 800. The van der Waals surface area contributed by atoms with Crippen molar-refractivity contribution in [2.45, 2.75) is 19.9 Å². The molecular weight excluding hydrogens is 310 g/mol. The number of anilines is 2. The molecule has 2 heterocycles. The molecule has 24 heavy (non-hydrogen) atoms. The highest BCUT2D eigenvalue weighted by Crippen LogP contribution is 2.27. The van der Waals surface area contributed by atoms with Crippen molar-refractivity contribution in [1.29, 1.82) is 0 Å². The molecule has 1 aromatic carbocycles. The Labute approximate surface area is 139 Å². The molecule has 0 aliphatic carbocycles. The first-order chi connectivity index (χ1) is 11.7. The number of rotatable bonds is 5. The SMILES string of the molecule is CCCNC(=O)c1nnc2n(c1=O)CCN2c1ccc(OC)cc1. The van der Waals surface area contributed by atoms with E-state index in [1.807, 2.05) is 36.1 Å². The van der Waals surface area contributed by atoms with E-state index in [-0.39, 0.29) is 5.69 Å². The van der Waals surface area contributed by atoms with E-state index in [1.54, 1.807) is 7.11 Å². The van der Waals surface area contributed by atoms with Gasteiger partial charge in [0.2, 0.25) is 11.6 Å². The predicted octanol–water partition coefficient (Wildman–Crippen LogP) is 0.938. The molecule has 1 N–H and O–H groups in total. The normalized spacial score (nSPS) is 12.8. The highest BCUT2D eigenvalue weighted by molar-refractivity contribution is 5.91. The Balaban J connectivity index is 1.90. The zero-order valence-corrected chi connectivity index (χ0v) is 13.7. The van der Waals surface area contributed by atoms with E-state index < -0.39 is 11.5 Å². The lowest BCUT2D eigenvalue weighted by molar-refractivity contribution is 0.0945. The number of nitrogens with one attached hydrogen (secondary N) is 1. The Morgan fingerprint density at radius 1 is 1.25 bits per heavy atom. The molecular formula is C16H19N5O3. The Kier molecular flexibility index (Phi) is 4.45.